The molecule has 0 spiro atoms. The second kappa shape index (κ2) is 5.09. The molecule has 0 atom stereocenters. The molecule has 1 N–H and O–H groups in total. The highest BCUT2D eigenvalue weighted by Crippen LogP contribution is 2.30. The number of amides is 1. The van der Waals surface area contributed by atoms with Gasteiger partial charge in [-0.3, -0.25) is 4.79 Å². The first-order chi connectivity index (χ1) is 9.22. The maximum atomic E-state index is 12.9. The normalized spacial score (nSPS) is 13.3. The van der Waals surface area contributed by atoms with Gasteiger partial charge in [-0.2, -0.15) is 4.39 Å². The summed E-state index contributed by atoms with van der Waals surface area (Å²) in [6.07, 6.45) is 4.84. The number of aromatic nitrogens is 1. The van der Waals surface area contributed by atoms with Gasteiger partial charge in [0.1, 0.15) is 0 Å². The highest BCUT2D eigenvalue weighted by molar-refractivity contribution is 7.12. The van der Waals surface area contributed by atoms with Gasteiger partial charge in [-0.25, -0.2) is 4.98 Å². The first-order valence-corrected chi connectivity index (χ1v) is 7.04. The van der Waals surface area contributed by atoms with Crippen molar-refractivity contribution in [2.45, 2.75) is 25.8 Å². The van der Waals surface area contributed by atoms with Crippen molar-refractivity contribution in [3.63, 3.8) is 0 Å². The average Bonchev–Trinajstić information content (AvgIpc) is 2.96. The van der Waals surface area contributed by atoms with Crippen LogP contribution >= 0.6 is 11.3 Å². The van der Waals surface area contributed by atoms with Gasteiger partial charge in [0.15, 0.2) is 0 Å². The lowest BCUT2D eigenvalue weighted by Crippen LogP contribution is -2.22. The smallest absolute Gasteiger partial charge is 0.251 e. The monoisotopic (exact) mass is 276 g/mol. The van der Waals surface area contributed by atoms with Crippen LogP contribution in [0.2, 0.25) is 0 Å². The summed E-state index contributed by atoms with van der Waals surface area (Å²) in [6.45, 7) is 0.500. The summed E-state index contributed by atoms with van der Waals surface area (Å²) in [5.41, 5.74) is 1.72. The molecule has 0 bridgehead atoms. The van der Waals surface area contributed by atoms with E-state index in [9.17, 15) is 9.18 Å². The lowest BCUT2D eigenvalue weighted by atomic mass is 10.2. The molecule has 0 aliphatic heterocycles. The van der Waals surface area contributed by atoms with Crippen LogP contribution in [0.5, 0.6) is 0 Å². The van der Waals surface area contributed by atoms with Crippen molar-refractivity contribution in [3.05, 3.63) is 51.2 Å². The molecule has 19 heavy (non-hydrogen) atoms. The summed E-state index contributed by atoms with van der Waals surface area (Å²) >= 11 is 1.76. The standard InChI is InChI=1S/C14H13FN2OS/c15-13-7-10(4-5-16-13)14(18)17-8-11-6-9-2-1-3-12(9)19-11/h4-7H,1-3,8H2,(H,17,18). The van der Waals surface area contributed by atoms with Crippen LogP contribution in [0.4, 0.5) is 4.39 Å². The van der Waals surface area contributed by atoms with Crippen LogP contribution < -0.4 is 5.32 Å². The number of halogens is 1. The third kappa shape index (κ3) is 2.66. The van der Waals surface area contributed by atoms with E-state index < -0.39 is 5.95 Å². The molecule has 2 aromatic rings. The first-order valence-electron chi connectivity index (χ1n) is 6.22. The van der Waals surface area contributed by atoms with Crippen LogP contribution in [-0.4, -0.2) is 10.9 Å². The molecule has 2 heterocycles. The molecule has 1 aliphatic rings. The molecule has 0 unspecified atom stereocenters. The number of nitrogens with one attached hydrogen (secondary N) is 1. The average molecular weight is 276 g/mol. The van der Waals surface area contributed by atoms with Gasteiger partial charge in [0, 0.05) is 27.6 Å². The maximum Gasteiger partial charge on any atom is 0.251 e. The number of pyridine rings is 1. The molecule has 1 amide bonds. The van der Waals surface area contributed by atoms with Gasteiger partial charge in [0.2, 0.25) is 5.95 Å². The number of hydrogen-bond donors (Lipinski definition) is 1. The lowest BCUT2D eigenvalue weighted by molar-refractivity contribution is 0.0950. The Bertz CT molecular complexity index is 602. The fourth-order valence-electron chi connectivity index (χ4n) is 2.29. The zero-order chi connectivity index (χ0) is 13.2. The Morgan fingerprint density at radius 2 is 2.32 bits per heavy atom. The number of nitrogens with zero attached hydrogens (tertiary/aromatic N) is 1. The number of hydrogen-bond acceptors (Lipinski definition) is 3. The van der Waals surface area contributed by atoms with Crippen LogP contribution in [-0.2, 0) is 19.4 Å². The number of carbonyl (C=O) groups is 1. The molecule has 0 fully saturated rings. The van der Waals surface area contributed by atoms with Crippen molar-refractivity contribution in [1.82, 2.24) is 10.3 Å². The van der Waals surface area contributed by atoms with Gasteiger partial charge in [0.05, 0.1) is 6.54 Å². The summed E-state index contributed by atoms with van der Waals surface area (Å²) < 4.78 is 12.9. The third-order valence-corrected chi connectivity index (χ3v) is 4.45. The Balaban J connectivity index is 1.64. The number of aryl methyl sites for hydroxylation is 2. The van der Waals surface area contributed by atoms with Crippen LogP contribution in [0.1, 0.15) is 32.1 Å². The molecule has 1 aliphatic carbocycles. The molecule has 5 heteroatoms. The molecule has 3 nitrogen and oxygen atoms in total. The van der Waals surface area contributed by atoms with E-state index in [4.69, 9.17) is 0 Å². The third-order valence-electron chi connectivity index (χ3n) is 3.21. The Morgan fingerprint density at radius 1 is 1.42 bits per heavy atom. The molecule has 2 aromatic heterocycles. The molecule has 0 saturated carbocycles. The maximum absolute atomic E-state index is 12.9. The van der Waals surface area contributed by atoms with Gasteiger partial charge in [-0.1, -0.05) is 0 Å². The van der Waals surface area contributed by atoms with E-state index in [1.807, 2.05) is 0 Å². The van der Waals surface area contributed by atoms with E-state index in [-0.39, 0.29) is 5.91 Å². The van der Waals surface area contributed by atoms with Crippen molar-refractivity contribution in [3.8, 4) is 0 Å². The fraction of sp³-hybridized carbons (Fsp3) is 0.286. The van der Waals surface area contributed by atoms with Gasteiger partial charge < -0.3 is 5.32 Å². The summed E-state index contributed by atoms with van der Waals surface area (Å²) in [6, 6.07) is 4.82. The molecule has 3 rings (SSSR count). The summed E-state index contributed by atoms with van der Waals surface area (Å²) in [7, 11) is 0. The van der Waals surface area contributed by atoms with Gasteiger partial charge in [-0.05, 0) is 37.0 Å². The quantitative estimate of drug-likeness (QED) is 0.876. The number of fused-ring (bicyclic) bond motifs is 1. The zero-order valence-corrected chi connectivity index (χ0v) is 11.1. The second-order valence-electron chi connectivity index (χ2n) is 4.56. The number of thiophene rings is 1. The van der Waals surface area contributed by atoms with Crippen LogP contribution in [0.3, 0.4) is 0 Å². The Morgan fingerprint density at radius 3 is 3.11 bits per heavy atom. The van der Waals surface area contributed by atoms with Crippen molar-refractivity contribution >= 4 is 17.2 Å². The molecule has 0 saturated heterocycles. The van der Waals surface area contributed by atoms with Gasteiger partial charge in [-0.15, -0.1) is 11.3 Å². The Kier molecular flexibility index (Phi) is 3.29. The predicted molar refractivity (Wildman–Crippen MR) is 71.7 cm³/mol. The number of carbonyl (C=O) groups excluding carboxylic acids is 1. The topological polar surface area (TPSA) is 42.0 Å². The lowest BCUT2D eigenvalue weighted by Gasteiger charge is -2.03. The van der Waals surface area contributed by atoms with E-state index in [1.165, 1.54) is 29.1 Å². The van der Waals surface area contributed by atoms with Gasteiger partial charge >= 0.3 is 0 Å². The highest BCUT2D eigenvalue weighted by Gasteiger charge is 2.15. The predicted octanol–water partition coefficient (Wildman–Crippen LogP) is 2.70. The van der Waals surface area contributed by atoms with E-state index in [0.29, 0.717) is 12.1 Å². The van der Waals surface area contributed by atoms with E-state index >= 15 is 0 Å². The number of rotatable bonds is 3. The molecular formula is C14H13FN2OS. The van der Waals surface area contributed by atoms with Gasteiger partial charge in [0.25, 0.3) is 5.91 Å². The zero-order valence-electron chi connectivity index (χ0n) is 10.3. The fourth-order valence-corrected chi connectivity index (χ4v) is 3.49. The second-order valence-corrected chi connectivity index (χ2v) is 5.79. The molecule has 98 valence electrons. The van der Waals surface area contributed by atoms with Crippen molar-refractivity contribution < 1.29 is 9.18 Å². The SMILES string of the molecule is O=C(NCc1cc2c(s1)CCC2)c1ccnc(F)c1. The largest absolute Gasteiger partial charge is 0.347 e. The van der Waals surface area contributed by atoms with Crippen molar-refractivity contribution in [1.29, 1.82) is 0 Å². The van der Waals surface area contributed by atoms with Crippen molar-refractivity contribution in [2.24, 2.45) is 0 Å². The van der Waals surface area contributed by atoms with E-state index in [1.54, 1.807) is 11.3 Å². The minimum atomic E-state index is -0.636. The van der Waals surface area contributed by atoms with Crippen LogP contribution in [0.15, 0.2) is 24.4 Å². The minimum absolute atomic E-state index is 0.269. The summed E-state index contributed by atoms with van der Waals surface area (Å²) in [5.74, 6) is -0.905. The molecule has 0 radical (unpaired) electrons. The van der Waals surface area contributed by atoms with Crippen LogP contribution in [0, 0.1) is 5.95 Å². The minimum Gasteiger partial charge on any atom is -0.347 e. The molecule has 0 aromatic carbocycles. The van der Waals surface area contributed by atoms with E-state index in [0.717, 1.165) is 23.8 Å². The van der Waals surface area contributed by atoms with Crippen molar-refractivity contribution in [2.75, 3.05) is 0 Å². The summed E-state index contributed by atoms with van der Waals surface area (Å²) in [5, 5.41) is 2.81. The highest BCUT2D eigenvalue weighted by atomic mass is 32.1. The first kappa shape index (κ1) is 12.3. The Hall–Kier alpha value is -1.75. The Labute approximate surface area is 114 Å². The molecular weight excluding hydrogens is 263 g/mol. The summed E-state index contributed by atoms with van der Waals surface area (Å²) in [4.78, 5) is 17.9. The van der Waals surface area contributed by atoms with Crippen LogP contribution in [0.25, 0.3) is 0 Å². The van der Waals surface area contributed by atoms with E-state index in [2.05, 4.69) is 16.4 Å².